The minimum absolute atomic E-state index is 0.384. The van der Waals surface area contributed by atoms with E-state index in [9.17, 15) is 0 Å². The summed E-state index contributed by atoms with van der Waals surface area (Å²) in [6.45, 7) is 4.41. The van der Waals surface area contributed by atoms with Crippen LogP contribution in [0.25, 0.3) is 0 Å². The van der Waals surface area contributed by atoms with Crippen molar-refractivity contribution in [3.05, 3.63) is 52.0 Å². The van der Waals surface area contributed by atoms with Crippen LogP contribution in [0.1, 0.15) is 33.7 Å². The van der Waals surface area contributed by atoms with Crippen molar-refractivity contribution in [3.8, 4) is 0 Å². The summed E-state index contributed by atoms with van der Waals surface area (Å²) in [5.41, 5.74) is 2.69. The molecular formula is C13H14BrNS. The minimum atomic E-state index is 0.384. The molecule has 0 aliphatic heterocycles. The van der Waals surface area contributed by atoms with Crippen LogP contribution in [0.2, 0.25) is 0 Å². The molecule has 2 aromatic heterocycles. The lowest BCUT2D eigenvalue weighted by molar-refractivity contribution is 0.756. The molecular weight excluding hydrogens is 282 g/mol. The maximum absolute atomic E-state index is 4.05. The molecule has 0 radical (unpaired) electrons. The van der Waals surface area contributed by atoms with Gasteiger partial charge in [-0.1, -0.05) is 22.9 Å². The van der Waals surface area contributed by atoms with Crippen LogP contribution in [-0.2, 0) is 0 Å². The van der Waals surface area contributed by atoms with Crippen LogP contribution in [0.15, 0.2) is 36.0 Å². The highest BCUT2D eigenvalue weighted by molar-refractivity contribution is 9.09. The van der Waals surface area contributed by atoms with E-state index in [0.717, 1.165) is 0 Å². The summed E-state index contributed by atoms with van der Waals surface area (Å²) in [4.78, 5) is 5.86. The molecule has 0 saturated heterocycles. The van der Waals surface area contributed by atoms with E-state index < -0.39 is 0 Å². The first-order valence-electron chi connectivity index (χ1n) is 5.28. The zero-order chi connectivity index (χ0) is 11.5. The third-order valence-electron chi connectivity index (χ3n) is 2.82. The van der Waals surface area contributed by atoms with Gasteiger partial charge in [-0.25, -0.2) is 0 Å². The van der Waals surface area contributed by atoms with E-state index >= 15 is 0 Å². The van der Waals surface area contributed by atoms with Gasteiger partial charge in [0.25, 0.3) is 0 Å². The molecule has 2 heterocycles. The lowest BCUT2D eigenvalue weighted by atomic mass is 9.97. The fourth-order valence-corrected chi connectivity index (χ4v) is 3.73. The molecule has 16 heavy (non-hydrogen) atoms. The molecule has 2 rings (SSSR count). The predicted octanol–water partition coefficient (Wildman–Crippen LogP) is 4.69. The van der Waals surface area contributed by atoms with Crippen LogP contribution >= 0.6 is 27.3 Å². The summed E-state index contributed by atoms with van der Waals surface area (Å²) in [6, 6.07) is 6.34. The maximum Gasteiger partial charge on any atom is 0.0557 e. The summed E-state index contributed by atoms with van der Waals surface area (Å²) in [6.07, 6.45) is 3.71. The van der Waals surface area contributed by atoms with Crippen molar-refractivity contribution in [3.63, 3.8) is 0 Å². The number of halogens is 1. The van der Waals surface area contributed by atoms with Crippen LogP contribution in [0.4, 0.5) is 0 Å². The SMILES string of the molecule is Cc1ccsc1C(Br)C(C)c1ccncc1. The normalized spacial score (nSPS) is 14.7. The fraction of sp³-hybridized carbons (Fsp3) is 0.308. The molecule has 0 fully saturated rings. The van der Waals surface area contributed by atoms with E-state index in [1.807, 2.05) is 23.7 Å². The average Bonchev–Trinajstić information content (AvgIpc) is 2.75. The van der Waals surface area contributed by atoms with Crippen molar-refractivity contribution in [1.29, 1.82) is 0 Å². The van der Waals surface area contributed by atoms with E-state index in [1.165, 1.54) is 16.0 Å². The first-order valence-corrected chi connectivity index (χ1v) is 7.07. The molecule has 2 unspecified atom stereocenters. The molecule has 1 nitrogen and oxygen atoms in total. The summed E-state index contributed by atoms with van der Waals surface area (Å²) >= 11 is 5.63. The van der Waals surface area contributed by atoms with Gasteiger partial charge in [0.05, 0.1) is 4.83 Å². The Balaban J connectivity index is 2.23. The van der Waals surface area contributed by atoms with Crippen molar-refractivity contribution >= 4 is 27.3 Å². The second-order valence-electron chi connectivity index (χ2n) is 3.94. The number of rotatable bonds is 3. The summed E-state index contributed by atoms with van der Waals surface area (Å²) in [5, 5.41) is 2.15. The second-order valence-corrected chi connectivity index (χ2v) is 5.87. The van der Waals surface area contributed by atoms with Gasteiger partial charge in [-0.3, -0.25) is 4.98 Å². The zero-order valence-corrected chi connectivity index (χ0v) is 11.8. The first-order chi connectivity index (χ1) is 7.70. The zero-order valence-electron chi connectivity index (χ0n) is 9.35. The molecule has 84 valence electrons. The van der Waals surface area contributed by atoms with Gasteiger partial charge < -0.3 is 0 Å². The van der Waals surface area contributed by atoms with Gasteiger partial charge in [-0.15, -0.1) is 11.3 Å². The Morgan fingerprint density at radius 3 is 2.50 bits per heavy atom. The van der Waals surface area contributed by atoms with Crippen molar-refractivity contribution in [2.24, 2.45) is 0 Å². The molecule has 2 aromatic rings. The first kappa shape index (κ1) is 11.8. The van der Waals surface area contributed by atoms with Crippen LogP contribution in [0.3, 0.4) is 0 Å². The smallest absolute Gasteiger partial charge is 0.0557 e. The highest BCUT2D eigenvalue weighted by Gasteiger charge is 2.20. The molecule has 0 bridgehead atoms. The monoisotopic (exact) mass is 295 g/mol. The molecule has 0 aromatic carbocycles. The number of aryl methyl sites for hydroxylation is 1. The van der Waals surface area contributed by atoms with E-state index in [1.54, 1.807) is 0 Å². The minimum Gasteiger partial charge on any atom is -0.265 e. The summed E-state index contributed by atoms with van der Waals surface area (Å²) < 4.78 is 0. The van der Waals surface area contributed by atoms with Gasteiger partial charge in [0, 0.05) is 17.3 Å². The molecule has 0 aliphatic carbocycles. The third kappa shape index (κ3) is 2.36. The Hall–Kier alpha value is -0.670. The standard InChI is InChI=1S/C13H14BrNS/c1-9-5-8-16-13(9)12(14)10(2)11-3-6-15-7-4-11/h3-8,10,12H,1-2H3. The summed E-state index contributed by atoms with van der Waals surface area (Å²) in [7, 11) is 0. The van der Waals surface area contributed by atoms with Gasteiger partial charge in [-0.2, -0.15) is 0 Å². The lowest BCUT2D eigenvalue weighted by Gasteiger charge is -2.18. The Bertz CT molecular complexity index is 452. The molecule has 3 heteroatoms. The number of alkyl halides is 1. The Morgan fingerprint density at radius 1 is 1.25 bits per heavy atom. The van der Waals surface area contributed by atoms with Crippen molar-refractivity contribution < 1.29 is 0 Å². The van der Waals surface area contributed by atoms with Crippen LogP contribution in [-0.4, -0.2) is 4.98 Å². The van der Waals surface area contributed by atoms with Crippen LogP contribution in [0.5, 0.6) is 0 Å². The number of thiophene rings is 1. The van der Waals surface area contributed by atoms with Crippen molar-refractivity contribution in [1.82, 2.24) is 4.98 Å². The quantitative estimate of drug-likeness (QED) is 0.749. The highest BCUT2D eigenvalue weighted by Crippen LogP contribution is 2.41. The number of nitrogens with zero attached hydrogens (tertiary/aromatic N) is 1. The number of pyridine rings is 1. The maximum atomic E-state index is 4.05. The van der Waals surface area contributed by atoms with E-state index in [4.69, 9.17) is 0 Å². The van der Waals surface area contributed by atoms with Crippen LogP contribution in [0, 0.1) is 6.92 Å². The Labute approximate surface area is 109 Å². The second kappa shape index (κ2) is 5.11. The van der Waals surface area contributed by atoms with Gasteiger partial charge in [0.15, 0.2) is 0 Å². The predicted molar refractivity (Wildman–Crippen MR) is 73.4 cm³/mol. The molecule has 0 amide bonds. The van der Waals surface area contributed by atoms with Crippen molar-refractivity contribution in [2.75, 3.05) is 0 Å². The van der Waals surface area contributed by atoms with E-state index in [-0.39, 0.29) is 0 Å². The Morgan fingerprint density at radius 2 is 1.94 bits per heavy atom. The molecule has 2 atom stereocenters. The van der Waals surface area contributed by atoms with Gasteiger partial charge >= 0.3 is 0 Å². The topological polar surface area (TPSA) is 12.9 Å². The van der Waals surface area contributed by atoms with Crippen LogP contribution < -0.4 is 0 Å². The molecule has 0 aliphatic rings. The largest absolute Gasteiger partial charge is 0.265 e. The molecule has 0 saturated carbocycles. The fourth-order valence-electron chi connectivity index (χ4n) is 1.73. The van der Waals surface area contributed by atoms with E-state index in [2.05, 4.69) is 58.3 Å². The Kier molecular flexibility index (Phi) is 3.77. The van der Waals surface area contributed by atoms with E-state index in [0.29, 0.717) is 10.7 Å². The van der Waals surface area contributed by atoms with Gasteiger partial charge in [0.1, 0.15) is 0 Å². The molecule has 0 N–H and O–H groups in total. The summed E-state index contributed by atoms with van der Waals surface area (Å²) in [5.74, 6) is 0.459. The number of hydrogen-bond acceptors (Lipinski definition) is 2. The lowest BCUT2D eigenvalue weighted by Crippen LogP contribution is -2.01. The molecule has 0 spiro atoms. The van der Waals surface area contributed by atoms with Gasteiger partial charge in [-0.05, 0) is 47.5 Å². The van der Waals surface area contributed by atoms with Crippen molar-refractivity contribution in [2.45, 2.75) is 24.6 Å². The third-order valence-corrected chi connectivity index (χ3v) is 5.48. The van der Waals surface area contributed by atoms with Gasteiger partial charge in [0.2, 0.25) is 0 Å². The number of aromatic nitrogens is 1. The average molecular weight is 296 g/mol. The number of hydrogen-bond donors (Lipinski definition) is 0. The highest BCUT2D eigenvalue weighted by atomic mass is 79.9.